The highest BCUT2D eigenvalue weighted by Crippen LogP contribution is 2.08. The Hall–Kier alpha value is -1.00. The van der Waals surface area contributed by atoms with Crippen molar-refractivity contribution in [2.24, 2.45) is 5.73 Å². The lowest BCUT2D eigenvalue weighted by Crippen LogP contribution is -2.24. The highest BCUT2D eigenvalue weighted by molar-refractivity contribution is 5.22. The first-order valence-electron chi connectivity index (χ1n) is 5.36. The lowest BCUT2D eigenvalue weighted by Gasteiger charge is -2.16. The van der Waals surface area contributed by atoms with Gasteiger partial charge in [0.25, 0.3) is 6.43 Å². The van der Waals surface area contributed by atoms with E-state index in [9.17, 15) is 8.78 Å². The molecule has 16 heavy (non-hydrogen) atoms. The van der Waals surface area contributed by atoms with Crippen molar-refractivity contribution < 1.29 is 8.78 Å². The number of nitrogens with zero attached hydrogens (tertiary/aromatic N) is 1. The van der Waals surface area contributed by atoms with Crippen molar-refractivity contribution in [3.8, 4) is 0 Å². The van der Waals surface area contributed by atoms with Gasteiger partial charge in [0.1, 0.15) is 0 Å². The third-order valence-corrected chi connectivity index (χ3v) is 2.36. The normalized spacial score (nSPS) is 11.4. The van der Waals surface area contributed by atoms with E-state index in [1.807, 2.05) is 24.3 Å². The molecular formula is C12H18F2N2. The Labute approximate surface area is 95.1 Å². The molecule has 0 radical (unpaired) electrons. The van der Waals surface area contributed by atoms with Gasteiger partial charge >= 0.3 is 0 Å². The summed E-state index contributed by atoms with van der Waals surface area (Å²) in [4.78, 5) is 1.61. The van der Waals surface area contributed by atoms with Gasteiger partial charge in [-0.1, -0.05) is 24.3 Å². The van der Waals surface area contributed by atoms with Gasteiger partial charge in [-0.15, -0.1) is 0 Å². The molecule has 0 aliphatic heterocycles. The fraction of sp³-hybridized carbons (Fsp3) is 0.500. The molecule has 0 aromatic heterocycles. The lowest BCUT2D eigenvalue weighted by atomic mass is 10.1. The molecule has 1 aromatic rings. The summed E-state index contributed by atoms with van der Waals surface area (Å²) >= 11 is 0. The first kappa shape index (κ1) is 13.1. The number of hydrogen-bond donors (Lipinski definition) is 1. The van der Waals surface area contributed by atoms with E-state index in [1.165, 1.54) is 5.56 Å². The molecule has 0 bridgehead atoms. The largest absolute Gasteiger partial charge is 0.330 e. The van der Waals surface area contributed by atoms with Gasteiger partial charge in [-0.2, -0.15) is 0 Å². The molecular weight excluding hydrogens is 210 g/mol. The van der Waals surface area contributed by atoms with E-state index < -0.39 is 6.43 Å². The fourth-order valence-corrected chi connectivity index (χ4v) is 1.59. The quantitative estimate of drug-likeness (QED) is 0.805. The maximum atomic E-state index is 12.1. The van der Waals surface area contributed by atoms with Crippen LogP contribution in [0.1, 0.15) is 11.1 Å². The van der Waals surface area contributed by atoms with Gasteiger partial charge in [-0.05, 0) is 31.1 Å². The van der Waals surface area contributed by atoms with Crippen LogP contribution in [0.2, 0.25) is 0 Å². The van der Waals surface area contributed by atoms with Crippen molar-refractivity contribution in [2.45, 2.75) is 19.4 Å². The molecule has 1 rings (SSSR count). The summed E-state index contributed by atoms with van der Waals surface area (Å²) in [5.41, 5.74) is 7.67. The van der Waals surface area contributed by atoms with Gasteiger partial charge in [0, 0.05) is 6.54 Å². The van der Waals surface area contributed by atoms with Crippen molar-refractivity contribution in [3.63, 3.8) is 0 Å². The maximum Gasteiger partial charge on any atom is 0.251 e. The van der Waals surface area contributed by atoms with E-state index in [0.29, 0.717) is 13.1 Å². The summed E-state index contributed by atoms with van der Waals surface area (Å²) in [6.07, 6.45) is -1.42. The zero-order valence-corrected chi connectivity index (χ0v) is 9.50. The number of benzene rings is 1. The van der Waals surface area contributed by atoms with Crippen LogP contribution in [0.5, 0.6) is 0 Å². The topological polar surface area (TPSA) is 29.3 Å². The van der Waals surface area contributed by atoms with Gasteiger partial charge in [0.15, 0.2) is 0 Å². The standard InChI is InChI=1S/C12H18F2N2/c1-16(9-12(13)14)8-11-4-2-10(3-5-11)6-7-15/h2-5,12H,6-9,15H2,1H3. The predicted molar refractivity (Wildman–Crippen MR) is 61.5 cm³/mol. The molecule has 0 spiro atoms. The molecule has 0 amide bonds. The Morgan fingerprint density at radius 3 is 2.25 bits per heavy atom. The second kappa shape index (κ2) is 6.55. The summed E-state index contributed by atoms with van der Waals surface area (Å²) in [6.45, 7) is 0.989. The lowest BCUT2D eigenvalue weighted by molar-refractivity contribution is 0.0975. The third-order valence-electron chi connectivity index (χ3n) is 2.36. The molecule has 0 atom stereocenters. The van der Waals surface area contributed by atoms with E-state index in [1.54, 1.807) is 11.9 Å². The first-order chi connectivity index (χ1) is 7.61. The highest BCUT2D eigenvalue weighted by Gasteiger charge is 2.07. The number of nitrogens with two attached hydrogens (primary N) is 1. The van der Waals surface area contributed by atoms with Crippen molar-refractivity contribution in [1.29, 1.82) is 0 Å². The van der Waals surface area contributed by atoms with Crippen LogP contribution in [-0.2, 0) is 13.0 Å². The Morgan fingerprint density at radius 1 is 1.19 bits per heavy atom. The van der Waals surface area contributed by atoms with E-state index in [2.05, 4.69) is 0 Å². The van der Waals surface area contributed by atoms with Gasteiger partial charge in [-0.3, -0.25) is 4.90 Å². The van der Waals surface area contributed by atoms with Crippen LogP contribution in [0.3, 0.4) is 0 Å². The van der Waals surface area contributed by atoms with Gasteiger partial charge in [-0.25, -0.2) is 8.78 Å². The predicted octanol–water partition coefficient (Wildman–Crippen LogP) is 1.88. The SMILES string of the molecule is CN(Cc1ccc(CCN)cc1)CC(F)F. The van der Waals surface area contributed by atoms with Crippen molar-refractivity contribution in [1.82, 2.24) is 4.90 Å². The van der Waals surface area contributed by atoms with Crippen LogP contribution in [0.25, 0.3) is 0 Å². The van der Waals surface area contributed by atoms with Crippen LogP contribution in [-0.4, -0.2) is 31.5 Å². The van der Waals surface area contributed by atoms with Crippen LogP contribution in [0, 0.1) is 0 Å². The molecule has 2 nitrogen and oxygen atoms in total. The smallest absolute Gasteiger partial charge is 0.251 e. The van der Waals surface area contributed by atoms with E-state index in [4.69, 9.17) is 5.73 Å². The highest BCUT2D eigenvalue weighted by atomic mass is 19.3. The molecule has 0 saturated carbocycles. The second-order valence-electron chi connectivity index (χ2n) is 3.94. The van der Waals surface area contributed by atoms with Crippen molar-refractivity contribution >= 4 is 0 Å². The van der Waals surface area contributed by atoms with E-state index >= 15 is 0 Å². The summed E-state index contributed by atoms with van der Waals surface area (Å²) < 4.78 is 24.2. The third kappa shape index (κ3) is 4.68. The number of halogens is 2. The minimum absolute atomic E-state index is 0.190. The molecule has 0 saturated heterocycles. The Kier molecular flexibility index (Phi) is 5.35. The molecule has 1 aromatic carbocycles. The summed E-state index contributed by atoms with van der Waals surface area (Å²) in [5, 5.41) is 0. The zero-order valence-electron chi connectivity index (χ0n) is 9.50. The molecule has 4 heteroatoms. The second-order valence-corrected chi connectivity index (χ2v) is 3.94. The minimum Gasteiger partial charge on any atom is -0.330 e. The molecule has 0 aliphatic rings. The molecule has 0 aliphatic carbocycles. The number of alkyl halides is 2. The molecule has 90 valence electrons. The zero-order chi connectivity index (χ0) is 12.0. The summed E-state index contributed by atoms with van der Waals surface area (Å²) in [6, 6.07) is 7.93. The van der Waals surface area contributed by atoms with Crippen molar-refractivity contribution in [3.05, 3.63) is 35.4 Å². The van der Waals surface area contributed by atoms with Crippen LogP contribution in [0.15, 0.2) is 24.3 Å². The molecule has 0 unspecified atom stereocenters. The monoisotopic (exact) mass is 228 g/mol. The Bertz CT molecular complexity index is 298. The van der Waals surface area contributed by atoms with Crippen LogP contribution >= 0.6 is 0 Å². The average molecular weight is 228 g/mol. The maximum absolute atomic E-state index is 12.1. The van der Waals surface area contributed by atoms with Crippen LogP contribution < -0.4 is 5.73 Å². The Balaban J connectivity index is 2.48. The summed E-state index contributed by atoms with van der Waals surface area (Å²) in [7, 11) is 1.69. The Morgan fingerprint density at radius 2 is 1.75 bits per heavy atom. The van der Waals surface area contributed by atoms with Gasteiger partial charge < -0.3 is 5.73 Å². The van der Waals surface area contributed by atoms with Gasteiger partial charge in [0.2, 0.25) is 0 Å². The van der Waals surface area contributed by atoms with Gasteiger partial charge in [0.05, 0.1) is 6.54 Å². The molecule has 0 fully saturated rings. The molecule has 2 N–H and O–H groups in total. The van der Waals surface area contributed by atoms with Crippen molar-refractivity contribution in [2.75, 3.05) is 20.1 Å². The van der Waals surface area contributed by atoms with E-state index in [-0.39, 0.29) is 6.54 Å². The first-order valence-corrected chi connectivity index (χ1v) is 5.36. The minimum atomic E-state index is -2.28. The average Bonchev–Trinajstić information content (AvgIpc) is 2.20. The fourth-order valence-electron chi connectivity index (χ4n) is 1.59. The summed E-state index contributed by atoms with van der Waals surface area (Å²) in [5.74, 6) is 0. The van der Waals surface area contributed by atoms with Crippen LogP contribution in [0.4, 0.5) is 8.78 Å². The number of rotatable bonds is 6. The molecule has 0 heterocycles. The number of hydrogen-bond acceptors (Lipinski definition) is 2. The van der Waals surface area contributed by atoms with E-state index in [0.717, 1.165) is 12.0 Å².